The number of nitrogens with zero attached hydrogens (tertiary/aromatic N) is 1. The zero-order valence-corrected chi connectivity index (χ0v) is 19.5. The monoisotopic (exact) mass is 440 g/mol. The van der Waals surface area contributed by atoms with E-state index in [0.717, 1.165) is 38.6 Å². The minimum Gasteiger partial charge on any atom is -0.469 e. The molecule has 0 spiro atoms. The molecule has 4 saturated carbocycles. The van der Waals surface area contributed by atoms with E-state index < -0.39 is 6.10 Å². The second kappa shape index (κ2) is 8.45. The molecular formula is C26H36N2O4. The van der Waals surface area contributed by atoms with Crippen molar-refractivity contribution in [2.75, 3.05) is 26.8 Å². The predicted molar refractivity (Wildman–Crippen MR) is 121 cm³/mol. The predicted octanol–water partition coefficient (Wildman–Crippen LogP) is 3.24. The second-order valence-corrected chi connectivity index (χ2v) is 10.7. The zero-order chi connectivity index (χ0) is 22.5. The number of morpholine rings is 1. The number of methoxy groups -OCH3 is 1. The van der Waals surface area contributed by atoms with Gasteiger partial charge in [0.1, 0.15) is 6.10 Å². The van der Waals surface area contributed by atoms with Crippen LogP contribution in [0.25, 0.3) is 0 Å². The molecule has 1 aliphatic heterocycles. The summed E-state index contributed by atoms with van der Waals surface area (Å²) in [6, 6.07) is 8.87. The van der Waals surface area contributed by atoms with Gasteiger partial charge >= 0.3 is 5.97 Å². The number of ether oxygens (including phenoxy) is 2. The van der Waals surface area contributed by atoms with Crippen molar-refractivity contribution in [2.24, 2.45) is 23.2 Å². The van der Waals surface area contributed by atoms with Crippen molar-refractivity contribution in [1.29, 1.82) is 0 Å². The molecule has 4 bridgehead atoms. The normalized spacial score (nSPS) is 37.2. The van der Waals surface area contributed by atoms with Gasteiger partial charge in [0, 0.05) is 25.2 Å². The van der Waals surface area contributed by atoms with Crippen LogP contribution in [-0.4, -0.2) is 55.7 Å². The number of nitrogens with one attached hydrogen (secondary N) is 1. The highest BCUT2D eigenvalue weighted by Gasteiger charge is 2.59. The second-order valence-electron chi connectivity index (χ2n) is 10.7. The molecule has 1 saturated heterocycles. The molecule has 4 unspecified atom stereocenters. The largest absolute Gasteiger partial charge is 0.469 e. The Morgan fingerprint density at radius 3 is 2.59 bits per heavy atom. The fourth-order valence-corrected chi connectivity index (χ4v) is 7.42. The summed E-state index contributed by atoms with van der Waals surface area (Å²) < 4.78 is 11.1. The Morgan fingerprint density at radius 2 is 1.91 bits per heavy atom. The number of esters is 1. The molecule has 4 aliphatic carbocycles. The molecule has 5 aliphatic rings. The third-order valence-corrected chi connectivity index (χ3v) is 8.78. The van der Waals surface area contributed by atoms with Gasteiger partial charge in [-0.3, -0.25) is 14.5 Å². The molecular weight excluding hydrogens is 404 g/mol. The molecule has 1 aromatic carbocycles. The van der Waals surface area contributed by atoms with Crippen molar-refractivity contribution in [3.63, 3.8) is 0 Å². The van der Waals surface area contributed by atoms with Gasteiger partial charge in [-0.2, -0.15) is 0 Å². The molecule has 5 fully saturated rings. The van der Waals surface area contributed by atoms with E-state index in [2.05, 4.69) is 48.3 Å². The van der Waals surface area contributed by atoms with Crippen LogP contribution in [0.5, 0.6) is 0 Å². The Kier molecular flexibility index (Phi) is 5.79. The highest BCUT2D eigenvalue weighted by atomic mass is 16.5. The number of carbonyl (C=O) groups excluding carboxylic acids is 2. The zero-order valence-electron chi connectivity index (χ0n) is 19.5. The summed E-state index contributed by atoms with van der Waals surface area (Å²) >= 11 is 0. The smallest absolute Gasteiger partial charge is 0.311 e. The van der Waals surface area contributed by atoms with Gasteiger partial charge in [0.2, 0.25) is 0 Å². The third-order valence-electron chi connectivity index (χ3n) is 8.78. The molecule has 174 valence electrons. The maximum absolute atomic E-state index is 13.3. The van der Waals surface area contributed by atoms with E-state index in [1.54, 1.807) is 0 Å². The number of amides is 1. The van der Waals surface area contributed by atoms with Gasteiger partial charge in [0.05, 0.1) is 19.1 Å². The molecule has 32 heavy (non-hydrogen) atoms. The van der Waals surface area contributed by atoms with Crippen LogP contribution in [0.4, 0.5) is 0 Å². The first-order chi connectivity index (χ1) is 15.4. The van der Waals surface area contributed by atoms with E-state index in [4.69, 9.17) is 9.47 Å². The van der Waals surface area contributed by atoms with E-state index >= 15 is 0 Å². The van der Waals surface area contributed by atoms with Crippen molar-refractivity contribution in [3.05, 3.63) is 35.4 Å². The number of benzene rings is 1. The van der Waals surface area contributed by atoms with Crippen LogP contribution in [-0.2, 0) is 19.1 Å². The average molecular weight is 441 g/mol. The fourth-order valence-electron chi connectivity index (χ4n) is 7.42. The van der Waals surface area contributed by atoms with Crippen LogP contribution < -0.4 is 5.32 Å². The van der Waals surface area contributed by atoms with Crippen LogP contribution >= 0.6 is 0 Å². The Labute approximate surface area is 191 Å². The molecule has 6 heteroatoms. The summed E-state index contributed by atoms with van der Waals surface area (Å²) in [5, 5.41) is 3.37. The van der Waals surface area contributed by atoms with Gasteiger partial charge in [-0.05, 0) is 74.8 Å². The van der Waals surface area contributed by atoms with Gasteiger partial charge in [-0.15, -0.1) is 0 Å². The minimum atomic E-state index is -0.443. The maximum atomic E-state index is 13.3. The first kappa shape index (κ1) is 21.9. The molecule has 0 aromatic heterocycles. The van der Waals surface area contributed by atoms with Crippen LogP contribution in [0.15, 0.2) is 24.3 Å². The standard InChI is InChI=1S/C26H36N2O4/c1-16-6-4-5-7-21(16)17(2)28-8-9-32-22(15-28)24(29)27-23-19-10-18-11-20(23)14-26(12-18,13-19)25(30)31-3/h4-7,17-20,22-23H,8-15H2,1-3H3,(H,27,29). The van der Waals surface area contributed by atoms with Crippen molar-refractivity contribution < 1.29 is 19.1 Å². The van der Waals surface area contributed by atoms with Crippen LogP contribution in [0.1, 0.15) is 56.2 Å². The molecule has 1 aromatic rings. The lowest BCUT2D eigenvalue weighted by Gasteiger charge is -2.58. The molecule has 1 heterocycles. The Bertz CT molecular complexity index is 870. The maximum Gasteiger partial charge on any atom is 0.311 e. The lowest BCUT2D eigenvalue weighted by Crippen LogP contribution is -2.63. The number of aryl methyl sites for hydroxylation is 1. The summed E-state index contributed by atoms with van der Waals surface area (Å²) in [7, 11) is 1.50. The van der Waals surface area contributed by atoms with Crippen molar-refractivity contribution in [2.45, 2.75) is 64.1 Å². The van der Waals surface area contributed by atoms with Crippen molar-refractivity contribution >= 4 is 11.9 Å². The third kappa shape index (κ3) is 3.75. The van der Waals surface area contributed by atoms with E-state index in [0.29, 0.717) is 30.9 Å². The topological polar surface area (TPSA) is 67.9 Å². The summed E-state index contributed by atoms with van der Waals surface area (Å²) in [6.45, 7) is 6.37. The SMILES string of the molecule is COC(=O)C12CC3CC(C1)C(NC(=O)C1CN(C(C)c4ccccc4C)CCO1)C(C3)C2. The molecule has 1 amide bonds. The number of rotatable bonds is 5. The Hall–Kier alpha value is -1.92. The average Bonchev–Trinajstić information content (AvgIpc) is 2.80. The number of carbonyl (C=O) groups is 2. The summed E-state index contributed by atoms with van der Waals surface area (Å²) in [5.74, 6) is 1.30. The van der Waals surface area contributed by atoms with Gasteiger partial charge in [0.25, 0.3) is 5.91 Å². The van der Waals surface area contributed by atoms with Crippen LogP contribution in [0.2, 0.25) is 0 Å². The van der Waals surface area contributed by atoms with E-state index in [-0.39, 0.29) is 29.4 Å². The number of hydrogen-bond acceptors (Lipinski definition) is 5. The minimum absolute atomic E-state index is 0.0104. The summed E-state index contributed by atoms with van der Waals surface area (Å²) in [4.78, 5) is 28.2. The Balaban J connectivity index is 1.24. The van der Waals surface area contributed by atoms with Gasteiger partial charge in [0.15, 0.2) is 0 Å². The highest BCUT2D eigenvalue weighted by Crippen LogP contribution is 2.60. The van der Waals surface area contributed by atoms with Crippen molar-refractivity contribution in [3.8, 4) is 0 Å². The van der Waals surface area contributed by atoms with E-state index in [1.807, 2.05) is 0 Å². The van der Waals surface area contributed by atoms with Gasteiger partial charge in [-0.25, -0.2) is 0 Å². The Morgan fingerprint density at radius 1 is 1.19 bits per heavy atom. The summed E-state index contributed by atoms with van der Waals surface area (Å²) in [6.07, 6.45) is 4.44. The van der Waals surface area contributed by atoms with Crippen LogP contribution in [0.3, 0.4) is 0 Å². The molecule has 0 radical (unpaired) electrons. The van der Waals surface area contributed by atoms with E-state index in [1.165, 1.54) is 18.2 Å². The molecule has 4 atom stereocenters. The number of hydrogen-bond donors (Lipinski definition) is 1. The van der Waals surface area contributed by atoms with Crippen LogP contribution in [0, 0.1) is 30.1 Å². The van der Waals surface area contributed by atoms with Crippen molar-refractivity contribution in [1.82, 2.24) is 10.2 Å². The molecule has 6 nitrogen and oxygen atoms in total. The molecule has 1 N–H and O–H groups in total. The lowest BCUT2D eigenvalue weighted by molar-refractivity contribution is -0.172. The quantitative estimate of drug-likeness (QED) is 0.712. The first-order valence-corrected chi connectivity index (χ1v) is 12.2. The summed E-state index contributed by atoms with van der Waals surface area (Å²) in [5.41, 5.74) is 2.27. The van der Waals surface area contributed by atoms with E-state index in [9.17, 15) is 9.59 Å². The fraction of sp³-hybridized carbons (Fsp3) is 0.692. The lowest BCUT2D eigenvalue weighted by atomic mass is 9.48. The first-order valence-electron chi connectivity index (χ1n) is 12.2. The van der Waals surface area contributed by atoms with Gasteiger partial charge in [-0.1, -0.05) is 24.3 Å². The molecule has 6 rings (SSSR count). The highest BCUT2D eigenvalue weighted by molar-refractivity contribution is 5.82. The van der Waals surface area contributed by atoms with Gasteiger partial charge < -0.3 is 14.8 Å².